The van der Waals surface area contributed by atoms with Gasteiger partial charge in [-0.25, -0.2) is 0 Å². The molecule has 0 bridgehead atoms. The minimum atomic E-state index is 0.205. The molecule has 1 atom stereocenters. The van der Waals surface area contributed by atoms with Gasteiger partial charge in [-0.05, 0) is 57.5 Å². The van der Waals surface area contributed by atoms with Gasteiger partial charge >= 0.3 is 0 Å². The molecule has 1 saturated carbocycles. The number of nitrogens with two attached hydrogens (primary N) is 1. The average Bonchev–Trinajstić information content (AvgIpc) is 3.05. The number of hydrogen-bond acceptors (Lipinski definition) is 3. The lowest BCUT2D eigenvalue weighted by Gasteiger charge is -2.23. The number of hydrogen-bond donors (Lipinski definition) is 2. The molecule has 3 N–H and O–H groups in total. The molecule has 2 rings (SSSR count). The minimum Gasteiger partial charge on any atom is -0.355 e. The van der Waals surface area contributed by atoms with Crippen molar-refractivity contribution in [2.75, 3.05) is 26.2 Å². The van der Waals surface area contributed by atoms with Gasteiger partial charge in [-0.2, -0.15) is 0 Å². The van der Waals surface area contributed by atoms with Crippen LogP contribution in [0.5, 0.6) is 0 Å². The summed E-state index contributed by atoms with van der Waals surface area (Å²) in [6.07, 6.45) is 7.27. The Morgan fingerprint density at radius 2 is 2.18 bits per heavy atom. The Kier molecular flexibility index (Phi) is 4.80. The highest BCUT2D eigenvalue weighted by atomic mass is 16.2. The Morgan fingerprint density at radius 3 is 2.88 bits per heavy atom. The number of nitrogens with one attached hydrogen (secondary N) is 1. The van der Waals surface area contributed by atoms with Crippen LogP contribution in [0.2, 0.25) is 0 Å². The highest BCUT2D eigenvalue weighted by Crippen LogP contribution is 2.27. The molecule has 1 heterocycles. The van der Waals surface area contributed by atoms with Gasteiger partial charge in [0, 0.05) is 12.6 Å². The first-order valence-corrected chi connectivity index (χ1v) is 7.00. The summed E-state index contributed by atoms with van der Waals surface area (Å²) < 4.78 is 0. The van der Waals surface area contributed by atoms with Crippen LogP contribution in [0.1, 0.15) is 38.5 Å². The van der Waals surface area contributed by atoms with Crippen LogP contribution in [0.4, 0.5) is 0 Å². The third kappa shape index (κ3) is 4.28. The number of carbonyl (C=O) groups is 1. The van der Waals surface area contributed by atoms with Gasteiger partial charge in [-0.3, -0.25) is 9.69 Å². The Balaban J connectivity index is 1.66. The normalized spacial score (nSPS) is 25.1. The highest BCUT2D eigenvalue weighted by molar-refractivity contribution is 5.78. The maximum Gasteiger partial charge on any atom is 0.234 e. The lowest BCUT2D eigenvalue weighted by molar-refractivity contribution is -0.122. The van der Waals surface area contributed by atoms with E-state index in [1.165, 1.54) is 25.7 Å². The molecule has 0 aromatic heterocycles. The predicted octanol–water partition coefficient (Wildman–Crippen LogP) is 0.716. The van der Waals surface area contributed by atoms with E-state index in [0.29, 0.717) is 12.6 Å². The lowest BCUT2D eigenvalue weighted by Crippen LogP contribution is -2.40. The van der Waals surface area contributed by atoms with Gasteiger partial charge < -0.3 is 11.1 Å². The van der Waals surface area contributed by atoms with Crippen LogP contribution in [-0.4, -0.2) is 43.0 Å². The van der Waals surface area contributed by atoms with Crippen LogP contribution in [0, 0.1) is 5.92 Å². The smallest absolute Gasteiger partial charge is 0.234 e. The second kappa shape index (κ2) is 6.36. The standard InChI is InChI=1S/C13H25N3O/c14-7-1-3-12-4-2-8-16(12)10-13(17)15-9-11-5-6-11/h11-12H,1-10,14H2,(H,15,17). The van der Waals surface area contributed by atoms with Crippen molar-refractivity contribution >= 4 is 5.91 Å². The minimum absolute atomic E-state index is 0.205. The maximum atomic E-state index is 11.8. The first kappa shape index (κ1) is 12.8. The van der Waals surface area contributed by atoms with Crippen molar-refractivity contribution in [1.29, 1.82) is 0 Å². The van der Waals surface area contributed by atoms with Crippen molar-refractivity contribution in [3.63, 3.8) is 0 Å². The molecule has 1 saturated heterocycles. The van der Waals surface area contributed by atoms with Crippen LogP contribution < -0.4 is 11.1 Å². The molecular weight excluding hydrogens is 214 g/mol. The van der Waals surface area contributed by atoms with E-state index in [1.807, 2.05) is 0 Å². The van der Waals surface area contributed by atoms with Gasteiger partial charge in [-0.1, -0.05) is 0 Å². The fourth-order valence-electron chi connectivity index (χ4n) is 2.60. The molecule has 0 spiro atoms. The molecule has 1 amide bonds. The fraction of sp³-hybridized carbons (Fsp3) is 0.923. The Labute approximate surface area is 104 Å². The van der Waals surface area contributed by atoms with Crippen molar-refractivity contribution in [2.45, 2.75) is 44.6 Å². The van der Waals surface area contributed by atoms with Crippen LogP contribution in [0.3, 0.4) is 0 Å². The van der Waals surface area contributed by atoms with E-state index < -0.39 is 0 Å². The number of nitrogens with zero attached hydrogens (tertiary/aromatic N) is 1. The quantitative estimate of drug-likeness (QED) is 0.688. The molecule has 2 fully saturated rings. The van der Waals surface area contributed by atoms with E-state index >= 15 is 0 Å². The summed E-state index contributed by atoms with van der Waals surface area (Å²) in [7, 11) is 0. The van der Waals surface area contributed by atoms with Gasteiger partial charge in [0.05, 0.1) is 6.54 Å². The van der Waals surface area contributed by atoms with Gasteiger partial charge in [0.15, 0.2) is 0 Å². The molecule has 1 unspecified atom stereocenters. The predicted molar refractivity (Wildman–Crippen MR) is 68.6 cm³/mol. The summed E-state index contributed by atoms with van der Waals surface area (Å²) in [6, 6.07) is 0.588. The molecule has 1 aliphatic heterocycles. The largest absolute Gasteiger partial charge is 0.355 e. The summed E-state index contributed by atoms with van der Waals surface area (Å²) in [6.45, 7) is 3.31. The van der Waals surface area contributed by atoms with Crippen LogP contribution in [0.25, 0.3) is 0 Å². The Bertz CT molecular complexity index is 253. The van der Waals surface area contributed by atoms with E-state index in [4.69, 9.17) is 5.73 Å². The van der Waals surface area contributed by atoms with E-state index in [1.54, 1.807) is 0 Å². The van der Waals surface area contributed by atoms with E-state index in [-0.39, 0.29) is 5.91 Å². The first-order valence-electron chi connectivity index (χ1n) is 7.00. The third-order valence-electron chi connectivity index (χ3n) is 3.87. The monoisotopic (exact) mass is 239 g/mol. The summed E-state index contributed by atoms with van der Waals surface area (Å²) >= 11 is 0. The maximum absolute atomic E-state index is 11.8. The van der Waals surface area contributed by atoms with Gasteiger partial charge in [0.25, 0.3) is 0 Å². The topological polar surface area (TPSA) is 58.4 Å². The lowest BCUT2D eigenvalue weighted by atomic mass is 10.1. The van der Waals surface area contributed by atoms with Crippen molar-refractivity contribution < 1.29 is 4.79 Å². The summed E-state index contributed by atoms with van der Waals surface area (Å²) in [4.78, 5) is 14.1. The average molecular weight is 239 g/mol. The Morgan fingerprint density at radius 1 is 1.35 bits per heavy atom. The zero-order chi connectivity index (χ0) is 12.1. The first-order chi connectivity index (χ1) is 8.29. The fourth-order valence-corrected chi connectivity index (χ4v) is 2.60. The van der Waals surface area contributed by atoms with E-state index in [0.717, 1.165) is 38.4 Å². The zero-order valence-corrected chi connectivity index (χ0v) is 10.7. The third-order valence-corrected chi connectivity index (χ3v) is 3.87. The van der Waals surface area contributed by atoms with Crippen LogP contribution >= 0.6 is 0 Å². The molecule has 0 aromatic carbocycles. The van der Waals surface area contributed by atoms with E-state index in [9.17, 15) is 4.79 Å². The molecule has 17 heavy (non-hydrogen) atoms. The summed E-state index contributed by atoms with van der Waals surface area (Å²) in [5.74, 6) is 0.974. The van der Waals surface area contributed by atoms with Crippen LogP contribution in [-0.2, 0) is 4.79 Å². The molecular formula is C13H25N3O. The number of carbonyl (C=O) groups excluding carboxylic acids is 1. The zero-order valence-electron chi connectivity index (χ0n) is 10.7. The number of amides is 1. The molecule has 1 aliphatic carbocycles. The molecule has 0 radical (unpaired) electrons. The molecule has 0 aromatic rings. The SMILES string of the molecule is NCCCC1CCCN1CC(=O)NCC1CC1. The molecule has 2 aliphatic rings. The van der Waals surface area contributed by atoms with Gasteiger partial charge in [0.2, 0.25) is 5.91 Å². The molecule has 98 valence electrons. The second-order valence-electron chi connectivity index (χ2n) is 5.44. The van der Waals surface area contributed by atoms with Crippen molar-refractivity contribution in [3.05, 3.63) is 0 Å². The van der Waals surface area contributed by atoms with Crippen molar-refractivity contribution in [3.8, 4) is 0 Å². The van der Waals surface area contributed by atoms with Crippen molar-refractivity contribution in [2.24, 2.45) is 11.7 Å². The van der Waals surface area contributed by atoms with Gasteiger partial charge in [-0.15, -0.1) is 0 Å². The Hall–Kier alpha value is -0.610. The molecule has 4 heteroatoms. The van der Waals surface area contributed by atoms with Gasteiger partial charge in [0.1, 0.15) is 0 Å². The molecule has 4 nitrogen and oxygen atoms in total. The summed E-state index contributed by atoms with van der Waals surface area (Å²) in [5, 5.41) is 3.04. The van der Waals surface area contributed by atoms with Crippen molar-refractivity contribution in [1.82, 2.24) is 10.2 Å². The second-order valence-corrected chi connectivity index (χ2v) is 5.44. The number of rotatable bonds is 7. The highest BCUT2D eigenvalue weighted by Gasteiger charge is 2.26. The van der Waals surface area contributed by atoms with Crippen LogP contribution in [0.15, 0.2) is 0 Å². The summed E-state index contributed by atoms with van der Waals surface area (Å²) in [5.41, 5.74) is 5.54. The number of likely N-dealkylation sites (tertiary alicyclic amines) is 1. The van der Waals surface area contributed by atoms with E-state index in [2.05, 4.69) is 10.2 Å².